The molecule has 7 heteroatoms. The van der Waals surface area contributed by atoms with Gasteiger partial charge in [0.15, 0.2) is 5.82 Å². The summed E-state index contributed by atoms with van der Waals surface area (Å²) >= 11 is 5.68. The summed E-state index contributed by atoms with van der Waals surface area (Å²) < 4.78 is 26.5. The van der Waals surface area contributed by atoms with Gasteiger partial charge in [-0.25, -0.2) is 13.6 Å². The van der Waals surface area contributed by atoms with Gasteiger partial charge in [-0.3, -0.25) is 0 Å². The van der Waals surface area contributed by atoms with Crippen LogP contribution in [0.15, 0.2) is 36.4 Å². The fourth-order valence-electron chi connectivity index (χ4n) is 2.00. The fourth-order valence-corrected chi connectivity index (χ4v) is 2.25. The third-order valence-corrected chi connectivity index (χ3v) is 3.43. The van der Waals surface area contributed by atoms with Crippen molar-refractivity contribution < 1.29 is 18.7 Å². The molecule has 2 rings (SSSR count). The van der Waals surface area contributed by atoms with Gasteiger partial charge in [-0.2, -0.15) is 0 Å². The lowest BCUT2D eigenvalue weighted by molar-refractivity contribution is 0.175. The summed E-state index contributed by atoms with van der Waals surface area (Å²) in [6.07, 6.45) is -0.908. The molecular formula is C16H15ClF2N2O2. The van der Waals surface area contributed by atoms with Crippen molar-refractivity contribution in [3.05, 3.63) is 64.2 Å². The SMILES string of the molecule is Cc1cccc(C(O)CNC(=O)Nc2c(F)cc(F)cc2Cl)c1. The average molecular weight is 341 g/mol. The Hall–Kier alpha value is -2.18. The van der Waals surface area contributed by atoms with Gasteiger partial charge in [0.05, 0.1) is 16.8 Å². The maximum atomic E-state index is 13.6. The van der Waals surface area contributed by atoms with Crippen LogP contribution in [0.4, 0.5) is 19.3 Å². The van der Waals surface area contributed by atoms with Crippen molar-refractivity contribution in [2.45, 2.75) is 13.0 Å². The Kier molecular flexibility index (Phi) is 5.52. The quantitative estimate of drug-likeness (QED) is 0.793. The van der Waals surface area contributed by atoms with Crippen LogP contribution in [-0.4, -0.2) is 17.7 Å². The van der Waals surface area contributed by atoms with E-state index in [0.29, 0.717) is 11.6 Å². The number of urea groups is 1. The Labute approximate surface area is 137 Å². The summed E-state index contributed by atoms with van der Waals surface area (Å²) in [7, 11) is 0. The highest BCUT2D eigenvalue weighted by Crippen LogP contribution is 2.26. The molecular weight excluding hydrogens is 326 g/mol. The van der Waals surface area contributed by atoms with Crippen LogP contribution in [0.3, 0.4) is 0 Å². The number of nitrogens with one attached hydrogen (secondary N) is 2. The summed E-state index contributed by atoms with van der Waals surface area (Å²) in [6, 6.07) is 7.95. The normalized spacial score (nSPS) is 11.9. The van der Waals surface area contributed by atoms with Gasteiger partial charge >= 0.3 is 6.03 Å². The van der Waals surface area contributed by atoms with Gasteiger partial charge in [0.25, 0.3) is 0 Å². The predicted octanol–water partition coefficient (Wildman–Crippen LogP) is 3.78. The van der Waals surface area contributed by atoms with Crippen LogP contribution < -0.4 is 10.6 Å². The van der Waals surface area contributed by atoms with Crippen molar-refractivity contribution in [2.75, 3.05) is 11.9 Å². The number of aliphatic hydroxyl groups is 1. The van der Waals surface area contributed by atoms with E-state index in [1.807, 2.05) is 13.0 Å². The molecule has 2 aromatic rings. The number of carbonyl (C=O) groups excluding carboxylic acids is 1. The first-order valence-electron chi connectivity index (χ1n) is 6.81. The zero-order valence-electron chi connectivity index (χ0n) is 12.2. The minimum Gasteiger partial charge on any atom is -0.387 e. The average Bonchev–Trinajstić information content (AvgIpc) is 2.48. The maximum absolute atomic E-state index is 13.6. The number of carbonyl (C=O) groups is 1. The molecule has 3 N–H and O–H groups in total. The highest BCUT2D eigenvalue weighted by atomic mass is 35.5. The first kappa shape index (κ1) is 17.2. The molecule has 0 radical (unpaired) electrons. The highest BCUT2D eigenvalue weighted by molar-refractivity contribution is 6.33. The molecule has 4 nitrogen and oxygen atoms in total. The second-order valence-corrected chi connectivity index (χ2v) is 5.42. The zero-order valence-corrected chi connectivity index (χ0v) is 13.0. The van der Waals surface area contributed by atoms with Crippen LogP contribution in [0.1, 0.15) is 17.2 Å². The predicted molar refractivity (Wildman–Crippen MR) is 84.5 cm³/mol. The van der Waals surface area contributed by atoms with Crippen LogP contribution in [0, 0.1) is 18.6 Å². The van der Waals surface area contributed by atoms with Crippen LogP contribution in [0.5, 0.6) is 0 Å². The topological polar surface area (TPSA) is 61.4 Å². The molecule has 0 spiro atoms. The molecule has 2 aromatic carbocycles. The van der Waals surface area contributed by atoms with Gasteiger partial charge in [-0.1, -0.05) is 41.4 Å². The Bertz CT molecular complexity index is 702. The summed E-state index contributed by atoms with van der Waals surface area (Å²) in [6.45, 7) is 1.81. The minimum atomic E-state index is -0.982. The molecule has 0 saturated heterocycles. The van der Waals surface area contributed by atoms with Crippen LogP contribution in [0.25, 0.3) is 0 Å². The number of hydrogen-bond acceptors (Lipinski definition) is 2. The number of benzene rings is 2. The van der Waals surface area contributed by atoms with E-state index in [4.69, 9.17) is 11.6 Å². The number of halogens is 3. The number of anilines is 1. The summed E-state index contributed by atoms with van der Waals surface area (Å²) in [4.78, 5) is 11.8. The second kappa shape index (κ2) is 7.39. The van der Waals surface area contributed by atoms with E-state index in [-0.39, 0.29) is 17.3 Å². The molecule has 2 amide bonds. The molecule has 0 aliphatic heterocycles. The van der Waals surface area contributed by atoms with E-state index in [1.165, 1.54) is 0 Å². The van der Waals surface area contributed by atoms with Gasteiger partial charge in [0, 0.05) is 12.6 Å². The van der Waals surface area contributed by atoms with Crippen molar-refractivity contribution >= 4 is 23.3 Å². The molecule has 0 aliphatic rings. The molecule has 122 valence electrons. The van der Waals surface area contributed by atoms with Crippen LogP contribution >= 0.6 is 11.6 Å². The van der Waals surface area contributed by atoms with Crippen LogP contribution in [-0.2, 0) is 0 Å². The molecule has 0 bridgehead atoms. The van der Waals surface area contributed by atoms with E-state index < -0.39 is 23.8 Å². The number of aryl methyl sites for hydroxylation is 1. The first-order valence-corrected chi connectivity index (χ1v) is 7.18. The Morgan fingerprint density at radius 3 is 2.70 bits per heavy atom. The molecule has 1 atom stereocenters. The molecule has 0 heterocycles. The van der Waals surface area contributed by atoms with Crippen LogP contribution in [0.2, 0.25) is 5.02 Å². The Morgan fingerprint density at radius 2 is 2.04 bits per heavy atom. The first-order chi connectivity index (χ1) is 10.9. The molecule has 0 aromatic heterocycles. The number of hydrogen-bond donors (Lipinski definition) is 3. The van der Waals surface area contributed by atoms with Gasteiger partial charge in [-0.15, -0.1) is 0 Å². The maximum Gasteiger partial charge on any atom is 0.319 e. The van der Waals surface area contributed by atoms with Gasteiger partial charge in [-0.05, 0) is 18.6 Å². The van der Waals surface area contributed by atoms with E-state index in [9.17, 15) is 18.7 Å². The molecule has 0 fully saturated rings. The third-order valence-electron chi connectivity index (χ3n) is 3.13. The monoisotopic (exact) mass is 340 g/mol. The summed E-state index contributed by atoms with van der Waals surface area (Å²) in [5.74, 6) is -1.82. The number of rotatable bonds is 4. The molecule has 23 heavy (non-hydrogen) atoms. The van der Waals surface area contributed by atoms with Gasteiger partial charge in [0.1, 0.15) is 5.82 Å². The van der Waals surface area contributed by atoms with Gasteiger partial charge < -0.3 is 15.7 Å². The lowest BCUT2D eigenvalue weighted by Crippen LogP contribution is -2.32. The van der Waals surface area contributed by atoms with Crippen molar-refractivity contribution in [3.63, 3.8) is 0 Å². The fraction of sp³-hybridized carbons (Fsp3) is 0.188. The Morgan fingerprint density at radius 1 is 1.30 bits per heavy atom. The largest absolute Gasteiger partial charge is 0.387 e. The molecule has 0 aliphatic carbocycles. The van der Waals surface area contributed by atoms with Crippen molar-refractivity contribution in [1.82, 2.24) is 5.32 Å². The summed E-state index contributed by atoms with van der Waals surface area (Å²) in [5, 5.41) is 14.3. The lowest BCUT2D eigenvalue weighted by Gasteiger charge is -2.14. The van der Waals surface area contributed by atoms with E-state index in [0.717, 1.165) is 11.6 Å². The smallest absolute Gasteiger partial charge is 0.319 e. The van der Waals surface area contributed by atoms with Crippen molar-refractivity contribution in [1.29, 1.82) is 0 Å². The van der Waals surface area contributed by atoms with Crippen molar-refractivity contribution in [2.24, 2.45) is 0 Å². The third kappa shape index (κ3) is 4.64. The zero-order chi connectivity index (χ0) is 17.0. The van der Waals surface area contributed by atoms with E-state index in [1.54, 1.807) is 18.2 Å². The van der Waals surface area contributed by atoms with Crippen molar-refractivity contribution in [3.8, 4) is 0 Å². The molecule has 1 unspecified atom stereocenters. The minimum absolute atomic E-state index is 0.0737. The highest BCUT2D eigenvalue weighted by Gasteiger charge is 2.14. The van der Waals surface area contributed by atoms with Gasteiger partial charge in [0.2, 0.25) is 0 Å². The number of amides is 2. The standard InChI is InChI=1S/C16H15ClF2N2O2/c1-9-3-2-4-10(5-9)14(22)8-20-16(23)21-15-12(17)6-11(18)7-13(15)19/h2-7,14,22H,8H2,1H3,(H2,20,21,23). The molecule has 0 saturated carbocycles. The second-order valence-electron chi connectivity index (χ2n) is 5.01. The lowest BCUT2D eigenvalue weighted by atomic mass is 10.1. The number of aliphatic hydroxyl groups excluding tert-OH is 1. The summed E-state index contributed by atoms with van der Waals surface area (Å²) in [5.41, 5.74) is 1.30. The van der Waals surface area contributed by atoms with E-state index in [2.05, 4.69) is 10.6 Å². The Balaban J connectivity index is 1.95. The van der Waals surface area contributed by atoms with E-state index >= 15 is 0 Å².